The smallest absolute Gasteiger partial charge is 0.135 e. The number of aromatic nitrogens is 1. The first-order valence-electron chi connectivity index (χ1n) is 3.83. The summed E-state index contributed by atoms with van der Waals surface area (Å²) in [5, 5.41) is 4.22. The van der Waals surface area contributed by atoms with Gasteiger partial charge in [-0.1, -0.05) is 29.3 Å². The molecule has 1 fully saturated rings. The Balaban J connectivity index is 2.31. The van der Waals surface area contributed by atoms with Crippen LogP contribution in [0.5, 0.6) is 0 Å². The molecule has 0 aromatic carbocycles. The zero-order valence-corrected chi connectivity index (χ0v) is 7.86. The summed E-state index contributed by atoms with van der Waals surface area (Å²) in [7, 11) is 0. The minimum Gasteiger partial charge on any atom is -0.310 e. The van der Waals surface area contributed by atoms with Crippen LogP contribution in [0.4, 0.5) is 0 Å². The molecular weight excluding hydrogens is 195 g/mol. The van der Waals surface area contributed by atoms with Gasteiger partial charge in [-0.15, -0.1) is 0 Å². The van der Waals surface area contributed by atoms with E-state index in [1.807, 2.05) is 6.07 Å². The molecule has 0 saturated carbocycles. The van der Waals surface area contributed by atoms with E-state index in [2.05, 4.69) is 10.3 Å². The van der Waals surface area contributed by atoms with Crippen LogP contribution >= 0.6 is 23.2 Å². The first kappa shape index (κ1) is 8.30. The maximum Gasteiger partial charge on any atom is 0.135 e. The molecule has 1 aromatic rings. The number of pyridine rings is 1. The highest BCUT2D eigenvalue weighted by atomic mass is 35.5. The van der Waals surface area contributed by atoms with E-state index in [1.54, 1.807) is 6.07 Å². The highest BCUT2D eigenvalue weighted by Gasteiger charge is 2.21. The zero-order valence-electron chi connectivity index (χ0n) is 6.35. The highest BCUT2D eigenvalue weighted by Crippen LogP contribution is 2.28. The van der Waals surface area contributed by atoms with E-state index >= 15 is 0 Å². The van der Waals surface area contributed by atoms with Gasteiger partial charge in [-0.2, -0.15) is 0 Å². The lowest BCUT2D eigenvalue weighted by Gasteiger charge is -2.28. The molecule has 0 amide bonds. The fourth-order valence-electron chi connectivity index (χ4n) is 1.24. The van der Waals surface area contributed by atoms with Gasteiger partial charge in [-0.05, 0) is 19.0 Å². The van der Waals surface area contributed by atoms with Crippen LogP contribution in [0.1, 0.15) is 18.0 Å². The summed E-state index contributed by atoms with van der Waals surface area (Å²) in [6.07, 6.45) is 1.13. The Morgan fingerprint density at radius 1 is 1.42 bits per heavy atom. The van der Waals surface area contributed by atoms with E-state index < -0.39 is 0 Å². The predicted octanol–water partition coefficient (Wildman–Crippen LogP) is 2.42. The third-order valence-corrected chi connectivity index (χ3v) is 2.56. The minimum atomic E-state index is 0.377. The van der Waals surface area contributed by atoms with Crippen LogP contribution in [0.25, 0.3) is 0 Å². The molecule has 2 heterocycles. The fourth-order valence-corrected chi connectivity index (χ4v) is 1.71. The molecule has 0 aliphatic carbocycles. The van der Waals surface area contributed by atoms with Gasteiger partial charge in [0.2, 0.25) is 0 Å². The number of nitrogens with one attached hydrogen (secondary N) is 1. The molecule has 0 radical (unpaired) electrons. The molecule has 1 aliphatic heterocycles. The van der Waals surface area contributed by atoms with Gasteiger partial charge in [0.15, 0.2) is 0 Å². The van der Waals surface area contributed by atoms with E-state index in [1.165, 1.54) is 0 Å². The van der Waals surface area contributed by atoms with Crippen molar-refractivity contribution in [3.05, 3.63) is 28.0 Å². The second kappa shape index (κ2) is 3.21. The average Bonchev–Trinajstić information content (AvgIpc) is 1.91. The first-order valence-corrected chi connectivity index (χ1v) is 4.58. The molecule has 1 aromatic heterocycles. The molecule has 2 rings (SSSR count). The molecule has 2 nitrogen and oxygen atoms in total. The van der Waals surface area contributed by atoms with Crippen LogP contribution in [-0.2, 0) is 0 Å². The summed E-state index contributed by atoms with van der Waals surface area (Å²) >= 11 is 11.6. The van der Waals surface area contributed by atoms with Crippen LogP contribution in [0.3, 0.4) is 0 Å². The van der Waals surface area contributed by atoms with E-state index in [-0.39, 0.29) is 0 Å². The number of halogens is 2. The average molecular weight is 203 g/mol. The van der Waals surface area contributed by atoms with Crippen molar-refractivity contribution in [2.75, 3.05) is 6.54 Å². The van der Waals surface area contributed by atoms with Crippen molar-refractivity contribution in [2.45, 2.75) is 12.5 Å². The Bertz CT molecular complexity index is 297. The molecule has 1 N–H and O–H groups in total. The summed E-state index contributed by atoms with van der Waals surface area (Å²) in [6, 6.07) is 4.07. The first-order chi connectivity index (χ1) is 5.77. The molecule has 12 heavy (non-hydrogen) atoms. The topological polar surface area (TPSA) is 24.9 Å². The van der Waals surface area contributed by atoms with Gasteiger partial charge >= 0.3 is 0 Å². The maximum absolute atomic E-state index is 5.90. The van der Waals surface area contributed by atoms with Crippen molar-refractivity contribution in [1.82, 2.24) is 10.3 Å². The number of nitrogens with zero attached hydrogens (tertiary/aromatic N) is 1. The molecule has 0 unspecified atom stereocenters. The van der Waals surface area contributed by atoms with Crippen LogP contribution in [-0.4, -0.2) is 11.5 Å². The van der Waals surface area contributed by atoms with E-state index in [0.29, 0.717) is 16.3 Å². The Kier molecular flexibility index (Phi) is 2.22. The SMILES string of the molecule is Clc1ccc([C@H]2CCN2)c(Cl)n1. The molecule has 1 aliphatic rings. The molecule has 0 spiro atoms. The van der Waals surface area contributed by atoms with Crippen molar-refractivity contribution in [2.24, 2.45) is 0 Å². The Morgan fingerprint density at radius 3 is 2.67 bits per heavy atom. The maximum atomic E-state index is 5.90. The van der Waals surface area contributed by atoms with Crippen LogP contribution < -0.4 is 5.32 Å². The lowest BCUT2D eigenvalue weighted by Crippen LogP contribution is -2.35. The molecule has 64 valence electrons. The summed E-state index contributed by atoms with van der Waals surface area (Å²) in [5.74, 6) is 0. The van der Waals surface area contributed by atoms with Gasteiger partial charge in [-0.3, -0.25) is 0 Å². The normalized spacial score (nSPS) is 22.0. The van der Waals surface area contributed by atoms with Crippen molar-refractivity contribution in [3.63, 3.8) is 0 Å². The Morgan fingerprint density at radius 2 is 2.17 bits per heavy atom. The molecule has 1 atom stereocenters. The molecular formula is C8H8Cl2N2. The van der Waals surface area contributed by atoms with Gasteiger partial charge in [0.05, 0.1) is 0 Å². The van der Waals surface area contributed by atoms with Crippen molar-refractivity contribution in [1.29, 1.82) is 0 Å². The van der Waals surface area contributed by atoms with Crippen LogP contribution in [0, 0.1) is 0 Å². The van der Waals surface area contributed by atoms with Crippen molar-refractivity contribution in [3.8, 4) is 0 Å². The summed E-state index contributed by atoms with van der Waals surface area (Å²) < 4.78 is 0. The molecule has 0 bridgehead atoms. The Labute approximate surface area is 80.9 Å². The van der Waals surface area contributed by atoms with Crippen molar-refractivity contribution < 1.29 is 0 Å². The third kappa shape index (κ3) is 1.42. The molecule has 4 heteroatoms. The summed E-state index contributed by atoms with van der Waals surface area (Å²) in [6.45, 7) is 1.06. The second-order valence-electron chi connectivity index (χ2n) is 2.81. The quantitative estimate of drug-likeness (QED) is 0.709. The van der Waals surface area contributed by atoms with Gasteiger partial charge in [0, 0.05) is 11.6 Å². The summed E-state index contributed by atoms with van der Waals surface area (Å²) in [5.41, 5.74) is 1.05. The largest absolute Gasteiger partial charge is 0.310 e. The number of hydrogen-bond donors (Lipinski definition) is 1. The number of rotatable bonds is 1. The molecule has 1 saturated heterocycles. The number of hydrogen-bond acceptors (Lipinski definition) is 2. The van der Waals surface area contributed by atoms with Gasteiger partial charge in [0.1, 0.15) is 10.3 Å². The lowest BCUT2D eigenvalue weighted by atomic mass is 10.00. The van der Waals surface area contributed by atoms with E-state index in [9.17, 15) is 0 Å². The van der Waals surface area contributed by atoms with E-state index in [0.717, 1.165) is 18.5 Å². The minimum absolute atomic E-state index is 0.377. The standard InChI is InChI=1S/C8H8Cl2N2/c9-7-2-1-5(8(10)12-7)6-3-4-11-6/h1-2,6,11H,3-4H2/t6-/m1/s1. The summed E-state index contributed by atoms with van der Waals surface area (Å²) in [4.78, 5) is 3.97. The van der Waals surface area contributed by atoms with Crippen LogP contribution in [0.15, 0.2) is 12.1 Å². The Hall–Kier alpha value is -0.310. The van der Waals surface area contributed by atoms with Gasteiger partial charge < -0.3 is 5.32 Å². The van der Waals surface area contributed by atoms with Crippen molar-refractivity contribution >= 4 is 23.2 Å². The highest BCUT2D eigenvalue weighted by molar-refractivity contribution is 6.32. The van der Waals surface area contributed by atoms with Gasteiger partial charge in [-0.25, -0.2) is 4.98 Å². The van der Waals surface area contributed by atoms with Crippen LogP contribution in [0.2, 0.25) is 10.3 Å². The predicted molar refractivity (Wildman–Crippen MR) is 49.6 cm³/mol. The lowest BCUT2D eigenvalue weighted by molar-refractivity contribution is 0.382. The zero-order chi connectivity index (χ0) is 8.55. The third-order valence-electron chi connectivity index (χ3n) is 2.04. The van der Waals surface area contributed by atoms with E-state index in [4.69, 9.17) is 23.2 Å². The monoisotopic (exact) mass is 202 g/mol. The van der Waals surface area contributed by atoms with Gasteiger partial charge in [0.25, 0.3) is 0 Å². The second-order valence-corrected chi connectivity index (χ2v) is 3.55. The fraction of sp³-hybridized carbons (Fsp3) is 0.375.